The molecule has 6 heteroatoms. The van der Waals surface area contributed by atoms with E-state index in [-0.39, 0.29) is 17.3 Å². The van der Waals surface area contributed by atoms with Gasteiger partial charge < -0.3 is 5.11 Å². The summed E-state index contributed by atoms with van der Waals surface area (Å²) in [5, 5.41) is 17.9. The number of hydrogen-bond donors (Lipinski definition) is 3. The van der Waals surface area contributed by atoms with Crippen molar-refractivity contribution in [3.63, 3.8) is 0 Å². The molecule has 0 atom stereocenters. The van der Waals surface area contributed by atoms with E-state index in [0.29, 0.717) is 0 Å². The van der Waals surface area contributed by atoms with Gasteiger partial charge in [-0.3, -0.25) is 10.1 Å². The van der Waals surface area contributed by atoms with Crippen LogP contribution in [0, 0.1) is 0 Å². The molecule has 0 fully saturated rings. The van der Waals surface area contributed by atoms with Gasteiger partial charge in [0.15, 0.2) is 0 Å². The molecule has 0 unspecified atom stereocenters. The Kier molecular flexibility index (Phi) is 4.68. The van der Waals surface area contributed by atoms with Crippen LogP contribution in [0.1, 0.15) is 24.2 Å². The molecule has 3 N–H and O–H groups in total. The van der Waals surface area contributed by atoms with Crippen LogP contribution in [0.3, 0.4) is 0 Å². The van der Waals surface area contributed by atoms with E-state index in [2.05, 4.69) is 20.5 Å². The summed E-state index contributed by atoms with van der Waals surface area (Å²) in [4.78, 5) is 15.3. The zero-order valence-electron chi connectivity index (χ0n) is 9.64. The van der Waals surface area contributed by atoms with Crippen molar-refractivity contribution in [3.8, 4) is 5.75 Å². The third-order valence-corrected chi connectivity index (χ3v) is 1.80. The molecule has 90 valence electrons. The molecule has 0 aliphatic carbocycles. The molecule has 6 nitrogen and oxygen atoms in total. The Hall–Kier alpha value is -2.37. The minimum absolute atomic E-state index is 0.0745. The molecule has 0 radical (unpaired) electrons. The van der Waals surface area contributed by atoms with Gasteiger partial charge in [0.1, 0.15) is 12.1 Å². The third-order valence-electron chi connectivity index (χ3n) is 1.80. The maximum Gasteiger partial charge on any atom is 0.261 e. The maximum absolute atomic E-state index is 11.6. The smallest absolute Gasteiger partial charge is 0.261 e. The van der Waals surface area contributed by atoms with Gasteiger partial charge in [0.25, 0.3) is 5.91 Å². The molecule has 1 aromatic heterocycles. The quantitative estimate of drug-likeness (QED) is 0.738. The highest BCUT2D eigenvalue weighted by Gasteiger charge is 2.10. The number of benzene rings is 1. The van der Waals surface area contributed by atoms with E-state index in [9.17, 15) is 9.90 Å². The normalized spacial score (nSPS) is 9.06. The third kappa shape index (κ3) is 3.30. The van der Waals surface area contributed by atoms with Gasteiger partial charge in [-0.15, -0.1) is 0 Å². The number of rotatable bonds is 2. The van der Waals surface area contributed by atoms with Gasteiger partial charge in [-0.1, -0.05) is 26.0 Å². The average molecular weight is 234 g/mol. The first-order valence-electron chi connectivity index (χ1n) is 5.22. The number of hydrogen-bond acceptors (Lipinski definition) is 4. The number of H-pyrrole nitrogens is 1. The lowest BCUT2D eigenvalue weighted by atomic mass is 10.2. The van der Waals surface area contributed by atoms with Crippen LogP contribution in [-0.2, 0) is 0 Å². The number of nitrogens with one attached hydrogen (secondary N) is 2. The standard InChI is InChI=1S/C9H8N4O2.C2H6/c14-7-4-2-1-3-6(7)8(15)12-9-10-5-11-13-9;1-2/h1-5,14H,(H2,10,11,12,13,15);1-2H3. The maximum atomic E-state index is 11.6. The van der Waals surface area contributed by atoms with E-state index in [4.69, 9.17) is 0 Å². The molecule has 0 bridgehead atoms. The fourth-order valence-corrected chi connectivity index (χ4v) is 1.11. The number of carbonyl (C=O) groups is 1. The first kappa shape index (κ1) is 12.7. The van der Waals surface area contributed by atoms with Crippen molar-refractivity contribution in [2.24, 2.45) is 0 Å². The second-order valence-electron chi connectivity index (χ2n) is 2.81. The summed E-state index contributed by atoms with van der Waals surface area (Å²) in [5.74, 6) is -0.275. The number of anilines is 1. The Labute approximate surface area is 98.7 Å². The molecule has 0 spiro atoms. The molecular formula is C11H14N4O2. The number of aromatic amines is 1. The monoisotopic (exact) mass is 234 g/mol. The lowest BCUT2D eigenvalue weighted by Crippen LogP contribution is -2.13. The zero-order valence-corrected chi connectivity index (χ0v) is 9.64. The largest absolute Gasteiger partial charge is 0.507 e. The van der Waals surface area contributed by atoms with Crippen molar-refractivity contribution >= 4 is 11.9 Å². The van der Waals surface area contributed by atoms with Crippen molar-refractivity contribution in [1.82, 2.24) is 15.2 Å². The second kappa shape index (κ2) is 6.26. The average Bonchev–Trinajstić information content (AvgIpc) is 2.85. The summed E-state index contributed by atoms with van der Waals surface area (Å²) in [6.07, 6.45) is 1.28. The molecule has 0 saturated heterocycles. The lowest BCUT2D eigenvalue weighted by Gasteiger charge is -2.02. The topological polar surface area (TPSA) is 90.9 Å². The first-order valence-corrected chi connectivity index (χ1v) is 5.22. The summed E-state index contributed by atoms with van der Waals surface area (Å²) in [5.41, 5.74) is 0.189. The van der Waals surface area contributed by atoms with E-state index >= 15 is 0 Å². The van der Waals surface area contributed by atoms with Gasteiger partial charge >= 0.3 is 0 Å². The Balaban J connectivity index is 0.000000686. The second-order valence-corrected chi connectivity index (χ2v) is 2.81. The minimum atomic E-state index is -0.440. The van der Waals surface area contributed by atoms with Crippen molar-refractivity contribution in [1.29, 1.82) is 0 Å². The molecule has 1 amide bonds. The highest BCUT2D eigenvalue weighted by Crippen LogP contribution is 2.16. The van der Waals surface area contributed by atoms with Gasteiger partial charge in [-0.25, -0.2) is 5.10 Å². The fourth-order valence-electron chi connectivity index (χ4n) is 1.11. The molecule has 0 saturated carbocycles. The van der Waals surface area contributed by atoms with Crippen LogP contribution >= 0.6 is 0 Å². The Morgan fingerprint density at radius 1 is 1.35 bits per heavy atom. The van der Waals surface area contributed by atoms with Crippen LogP contribution < -0.4 is 5.32 Å². The number of carbonyl (C=O) groups excluding carboxylic acids is 1. The number of nitrogens with zero attached hydrogens (tertiary/aromatic N) is 2. The fraction of sp³-hybridized carbons (Fsp3) is 0.182. The van der Waals surface area contributed by atoms with Crippen molar-refractivity contribution < 1.29 is 9.90 Å². The van der Waals surface area contributed by atoms with Crippen molar-refractivity contribution in [3.05, 3.63) is 36.2 Å². The predicted molar refractivity (Wildman–Crippen MR) is 63.8 cm³/mol. The van der Waals surface area contributed by atoms with Gasteiger partial charge in [-0.2, -0.15) is 10.1 Å². The van der Waals surface area contributed by atoms with Crippen LogP contribution in [-0.4, -0.2) is 26.2 Å². The summed E-state index contributed by atoms with van der Waals surface area (Å²) in [6.45, 7) is 4.00. The van der Waals surface area contributed by atoms with E-state index in [1.807, 2.05) is 13.8 Å². The highest BCUT2D eigenvalue weighted by atomic mass is 16.3. The van der Waals surface area contributed by atoms with Crippen LogP contribution in [0.5, 0.6) is 5.75 Å². The van der Waals surface area contributed by atoms with E-state index < -0.39 is 5.91 Å². The van der Waals surface area contributed by atoms with Crippen LogP contribution in [0.2, 0.25) is 0 Å². The summed E-state index contributed by atoms with van der Waals surface area (Å²) < 4.78 is 0. The van der Waals surface area contributed by atoms with Gasteiger partial charge in [-0.05, 0) is 12.1 Å². The Bertz CT molecular complexity index is 468. The van der Waals surface area contributed by atoms with Gasteiger partial charge in [0.05, 0.1) is 5.56 Å². The van der Waals surface area contributed by atoms with Crippen LogP contribution in [0.15, 0.2) is 30.6 Å². The molecule has 1 heterocycles. The molecule has 2 aromatic rings. The summed E-state index contributed by atoms with van der Waals surface area (Å²) >= 11 is 0. The Morgan fingerprint density at radius 2 is 2.06 bits per heavy atom. The number of para-hydroxylation sites is 1. The number of aromatic hydroxyl groups is 1. The zero-order chi connectivity index (χ0) is 12.7. The lowest BCUT2D eigenvalue weighted by molar-refractivity contribution is 0.102. The molecule has 1 aromatic carbocycles. The Morgan fingerprint density at radius 3 is 2.65 bits per heavy atom. The predicted octanol–water partition coefficient (Wildman–Crippen LogP) is 1.79. The number of phenolic OH excluding ortho intramolecular Hbond substituents is 1. The molecule has 2 rings (SSSR count). The van der Waals surface area contributed by atoms with Crippen LogP contribution in [0.4, 0.5) is 5.95 Å². The molecule has 0 aliphatic rings. The van der Waals surface area contributed by atoms with Crippen molar-refractivity contribution in [2.75, 3.05) is 5.32 Å². The van der Waals surface area contributed by atoms with Gasteiger partial charge in [0.2, 0.25) is 5.95 Å². The SMILES string of the molecule is CC.O=C(Nc1ncn[nH]1)c1ccccc1O. The summed E-state index contributed by atoms with van der Waals surface area (Å²) in [7, 11) is 0. The first-order chi connectivity index (χ1) is 8.27. The van der Waals surface area contributed by atoms with Gasteiger partial charge in [0, 0.05) is 0 Å². The van der Waals surface area contributed by atoms with E-state index in [1.165, 1.54) is 18.5 Å². The molecular weight excluding hydrogens is 220 g/mol. The minimum Gasteiger partial charge on any atom is -0.507 e. The number of aromatic nitrogens is 3. The summed E-state index contributed by atoms with van der Waals surface area (Å²) in [6, 6.07) is 6.26. The number of phenols is 1. The molecule has 17 heavy (non-hydrogen) atoms. The number of amides is 1. The molecule has 0 aliphatic heterocycles. The van der Waals surface area contributed by atoms with E-state index in [1.54, 1.807) is 12.1 Å². The van der Waals surface area contributed by atoms with Crippen LogP contribution in [0.25, 0.3) is 0 Å². The van der Waals surface area contributed by atoms with E-state index in [0.717, 1.165) is 0 Å². The highest BCUT2D eigenvalue weighted by molar-refractivity contribution is 6.05. The van der Waals surface area contributed by atoms with Crippen molar-refractivity contribution in [2.45, 2.75) is 13.8 Å².